The second-order valence-corrected chi connectivity index (χ2v) is 14.3. The summed E-state index contributed by atoms with van der Waals surface area (Å²) in [6.45, 7) is 4.12. The van der Waals surface area contributed by atoms with Crippen molar-refractivity contribution in [2.24, 2.45) is 17.2 Å². The van der Waals surface area contributed by atoms with E-state index in [4.69, 9.17) is 17.2 Å². The molecule has 0 rings (SSSR count). The smallest absolute Gasteiger partial charge is 0.326 e. The molecule has 0 aliphatic carbocycles. The van der Waals surface area contributed by atoms with Gasteiger partial charge in [0.2, 0.25) is 41.4 Å². The highest BCUT2D eigenvalue weighted by Gasteiger charge is 2.35. The number of aliphatic hydroxyl groups is 2. The van der Waals surface area contributed by atoms with Crippen LogP contribution in [0.1, 0.15) is 59.3 Å². The maximum Gasteiger partial charge on any atom is 0.326 e. The van der Waals surface area contributed by atoms with Crippen molar-refractivity contribution in [2.45, 2.75) is 114 Å². The van der Waals surface area contributed by atoms with E-state index in [1.54, 1.807) is 12.5 Å². The number of carbonyl (C=O) groups excluding carboxylic acids is 7. The van der Waals surface area contributed by atoms with E-state index in [0.29, 0.717) is 30.9 Å². The summed E-state index contributed by atoms with van der Waals surface area (Å²) < 4.78 is 0. The van der Waals surface area contributed by atoms with E-state index < -0.39 is 108 Å². The summed E-state index contributed by atoms with van der Waals surface area (Å²) in [5, 5.41) is 43.8. The average Bonchev–Trinajstić information content (AvgIpc) is 3.08. The minimum atomic E-state index is -1.70. The standard InChI is InChI=1S/C31H57N9O11S2/c1-15(25(44)38-20(31(50)51)8-6-7-11-32)35-26(45)18(9-12-52-4)36-28(47)21(14-22(33)43)39-30(49)24(17(3)42)40-27(46)19(10-13-53-5)37-29(48)23(34)16(2)41/h15-21,23-24,41-42H,6-14,32,34H2,1-5H3,(H2,33,43)(H,35,45)(H,36,47)(H,37,48)(H,38,44)(H,39,49)(H,40,46)(H,50,51)/t15-,16+,17+,18-,19-,20-,21-,23-,24-/m0/s1. The Balaban J connectivity index is 5.97. The lowest BCUT2D eigenvalue weighted by atomic mass is 10.1. The van der Waals surface area contributed by atoms with Gasteiger partial charge in [0.05, 0.1) is 18.6 Å². The number of primary amides is 1. The van der Waals surface area contributed by atoms with Gasteiger partial charge in [-0.2, -0.15) is 23.5 Å². The third kappa shape index (κ3) is 19.3. The number of nitrogens with two attached hydrogens (primary N) is 3. The van der Waals surface area contributed by atoms with Gasteiger partial charge in [0.1, 0.15) is 42.3 Å². The molecule has 7 amide bonds. The molecule has 0 aromatic heterocycles. The first kappa shape index (κ1) is 49.3. The molecular formula is C31H57N9O11S2. The number of carbonyl (C=O) groups is 8. The molecule has 20 nitrogen and oxygen atoms in total. The Bertz CT molecular complexity index is 1250. The van der Waals surface area contributed by atoms with Crippen LogP contribution in [-0.4, -0.2) is 148 Å². The Hall–Kier alpha value is -3.70. The van der Waals surface area contributed by atoms with Crippen LogP contribution in [0.5, 0.6) is 0 Å². The number of carboxylic acids is 1. The lowest BCUT2D eigenvalue weighted by Crippen LogP contribution is -2.62. The van der Waals surface area contributed by atoms with Crippen LogP contribution in [0.25, 0.3) is 0 Å². The quantitative estimate of drug-likeness (QED) is 0.0349. The summed E-state index contributed by atoms with van der Waals surface area (Å²) in [7, 11) is 0. The summed E-state index contributed by atoms with van der Waals surface area (Å²) >= 11 is 2.69. The molecule has 0 saturated carbocycles. The summed E-state index contributed by atoms with van der Waals surface area (Å²) in [4.78, 5) is 102. The van der Waals surface area contributed by atoms with E-state index in [-0.39, 0.29) is 19.3 Å². The maximum absolute atomic E-state index is 13.4. The van der Waals surface area contributed by atoms with Gasteiger partial charge in [-0.15, -0.1) is 0 Å². The Labute approximate surface area is 317 Å². The first-order valence-corrected chi connectivity index (χ1v) is 19.7. The number of nitrogens with one attached hydrogen (secondary N) is 6. The molecule has 0 heterocycles. The molecule has 15 N–H and O–H groups in total. The van der Waals surface area contributed by atoms with Gasteiger partial charge in [-0.25, -0.2) is 4.79 Å². The number of hydrogen-bond acceptors (Lipinski definition) is 14. The van der Waals surface area contributed by atoms with Crippen LogP contribution >= 0.6 is 23.5 Å². The fourth-order valence-electron chi connectivity index (χ4n) is 4.53. The molecule has 0 saturated heterocycles. The molecule has 53 heavy (non-hydrogen) atoms. The van der Waals surface area contributed by atoms with E-state index in [1.165, 1.54) is 44.3 Å². The number of rotatable bonds is 27. The van der Waals surface area contributed by atoms with E-state index in [2.05, 4.69) is 31.9 Å². The summed E-state index contributed by atoms with van der Waals surface area (Å²) in [5.74, 6) is -7.03. The van der Waals surface area contributed by atoms with Crippen molar-refractivity contribution in [1.82, 2.24) is 31.9 Å². The van der Waals surface area contributed by atoms with E-state index in [0.717, 1.165) is 0 Å². The number of aliphatic hydroxyl groups excluding tert-OH is 2. The molecule has 0 aliphatic rings. The van der Waals surface area contributed by atoms with Gasteiger partial charge in [0.15, 0.2) is 0 Å². The highest BCUT2D eigenvalue weighted by molar-refractivity contribution is 7.98. The lowest BCUT2D eigenvalue weighted by molar-refractivity contribution is -0.142. The summed E-state index contributed by atoms with van der Waals surface area (Å²) in [6.07, 6.45) is 1.19. The molecule has 0 radical (unpaired) electrons. The molecule has 0 spiro atoms. The zero-order chi connectivity index (χ0) is 40.8. The van der Waals surface area contributed by atoms with E-state index >= 15 is 0 Å². The summed E-state index contributed by atoms with van der Waals surface area (Å²) in [5.41, 5.74) is 16.5. The van der Waals surface area contributed by atoms with Crippen LogP contribution in [0, 0.1) is 0 Å². The van der Waals surface area contributed by atoms with Gasteiger partial charge in [-0.3, -0.25) is 33.6 Å². The Morgan fingerprint density at radius 2 is 1.08 bits per heavy atom. The molecule has 22 heteroatoms. The zero-order valence-corrected chi connectivity index (χ0v) is 32.3. The predicted molar refractivity (Wildman–Crippen MR) is 199 cm³/mol. The van der Waals surface area contributed by atoms with Crippen LogP contribution in [0.3, 0.4) is 0 Å². The molecule has 0 bridgehead atoms. The van der Waals surface area contributed by atoms with Gasteiger partial charge < -0.3 is 64.4 Å². The minimum absolute atomic E-state index is 0.0371. The van der Waals surface area contributed by atoms with Crippen LogP contribution in [-0.2, 0) is 38.4 Å². The van der Waals surface area contributed by atoms with Crippen LogP contribution in [0.2, 0.25) is 0 Å². The largest absolute Gasteiger partial charge is 0.480 e. The van der Waals surface area contributed by atoms with Gasteiger partial charge in [0.25, 0.3) is 0 Å². The molecule has 0 aromatic carbocycles. The van der Waals surface area contributed by atoms with Crippen LogP contribution in [0.4, 0.5) is 0 Å². The Morgan fingerprint density at radius 1 is 0.604 bits per heavy atom. The van der Waals surface area contributed by atoms with Crippen molar-refractivity contribution in [1.29, 1.82) is 0 Å². The number of aliphatic carboxylic acids is 1. The first-order valence-electron chi connectivity index (χ1n) is 16.9. The monoisotopic (exact) mass is 795 g/mol. The molecule has 0 unspecified atom stereocenters. The zero-order valence-electron chi connectivity index (χ0n) is 30.7. The molecule has 0 fully saturated rings. The number of hydrogen-bond donors (Lipinski definition) is 12. The predicted octanol–water partition coefficient (Wildman–Crippen LogP) is -4.40. The van der Waals surface area contributed by atoms with E-state index in [1.807, 2.05) is 0 Å². The van der Waals surface area contributed by atoms with E-state index in [9.17, 15) is 53.7 Å². The van der Waals surface area contributed by atoms with Crippen molar-refractivity contribution in [3.63, 3.8) is 0 Å². The topological polar surface area (TPSA) is 347 Å². The third-order valence-electron chi connectivity index (χ3n) is 7.72. The normalized spacial score (nSPS) is 16.2. The molecule has 9 atom stereocenters. The lowest BCUT2D eigenvalue weighted by Gasteiger charge is -2.28. The van der Waals surface area contributed by atoms with Crippen LogP contribution in [0.15, 0.2) is 0 Å². The maximum atomic E-state index is 13.4. The van der Waals surface area contributed by atoms with Crippen molar-refractivity contribution in [3.8, 4) is 0 Å². The van der Waals surface area contributed by atoms with Gasteiger partial charge in [-0.05, 0) is 83.4 Å². The molecule has 0 aliphatic heterocycles. The summed E-state index contributed by atoms with van der Waals surface area (Å²) in [6, 6.07) is -9.72. The first-order chi connectivity index (χ1) is 24.8. The molecule has 0 aromatic rings. The number of amides is 7. The highest BCUT2D eigenvalue weighted by Crippen LogP contribution is 2.07. The number of unbranched alkanes of at least 4 members (excludes halogenated alkanes) is 1. The van der Waals surface area contributed by atoms with Gasteiger partial charge >= 0.3 is 5.97 Å². The van der Waals surface area contributed by atoms with Crippen molar-refractivity contribution >= 4 is 70.8 Å². The van der Waals surface area contributed by atoms with Crippen molar-refractivity contribution < 1.29 is 53.7 Å². The molecular weight excluding hydrogens is 739 g/mol. The second kappa shape index (κ2) is 26.1. The fraction of sp³-hybridized carbons (Fsp3) is 0.742. The second-order valence-electron chi connectivity index (χ2n) is 12.3. The molecule has 304 valence electrons. The van der Waals surface area contributed by atoms with Crippen molar-refractivity contribution in [2.75, 3.05) is 30.6 Å². The average molecular weight is 796 g/mol. The highest BCUT2D eigenvalue weighted by atomic mass is 32.2. The van der Waals surface area contributed by atoms with Crippen LogP contribution < -0.4 is 49.1 Å². The fourth-order valence-corrected chi connectivity index (χ4v) is 5.47. The van der Waals surface area contributed by atoms with Gasteiger partial charge in [0, 0.05) is 0 Å². The number of carboxylic acid groups (broad SMARTS) is 1. The number of thioether (sulfide) groups is 2. The van der Waals surface area contributed by atoms with Crippen molar-refractivity contribution in [3.05, 3.63) is 0 Å². The third-order valence-corrected chi connectivity index (χ3v) is 9.01. The Morgan fingerprint density at radius 3 is 1.53 bits per heavy atom. The Kier molecular flexibility index (Phi) is 24.3. The SMILES string of the molecule is CSCC[C@H](NC(=O)[C@H](CC(N)=O)NC(=O)[C@@H](NC(=O)[C@H](CCSC)NC(=O)[C@@H](N)[C@@H](C)O)[C@@H](C)O)C(=O)N[C@@H](C)C(=O)N[C@@H](CCCCN)C(=O)O. The minimum Gasteiger partial charge on any atom is -0.480 e. The van der Waals surface area contributed by atoms with Gasteiger partial charge in [-0.1, -0.05) is 0 Å².